The van der Waals surface area contributed by atoms with Crippen LogP contribution in [0.15, 0.2) is 30.3 Å². The third-order valence-corrected chi connectivity index (χ3v) is 2.33. The summed E-state index contributed by atoms with van der Waals surface area (Å²) >= 11 is 0. The van der Waals surface area contributed by atoms with E-state index in [1.54, 1.807) is 51.1 Å². The lowest BCUT2D eigenvalue weighted by atomic mass is 9.87. The third-order valence-electron chi connectivity index (χ3n) is 2.33. The normalized spacial score (nSPS) is 12.6. The summed E-state index contributed by atoms with van der Waals surface area (Å²) in [5.74, 6) is -0.722. The Labute approximate surface area is 106 Å². The SMILES string of the molecule is CC(C)(C)C(NC(=O)Oc1ccccc1)C(=O)O. The maximum Gasteiger partial charge on any atom is 0.413 e. The molecule has 0 aliphatic heterocycles. The molecular formula is C13H17NO4. The Balaban J connectivity index is 2.66. The molecule has 1 atom stereocenters. The summed E-state index contributed by atoms with van der Waals surface area (Å²) in [4.78, 5) is 22.6. The van der Waals surface area contributed by atoms with Crippen molar-refractivity contribution in [3.63, 3.8) is 0 Å². The van der Waals surface area contributed by atoms with Crippen molar-refractivity contribution < 1.29 is 19.4 Å². The molecular weight excluding hydrogens is 234 g/mol. The molecule has 2 N–H and O–H groups in total. The predicted octanol–water partition coefficient (Wildman–Crippen LogP) is 2.27. The van der Waals surface area contributed by atoms with E-state index in [1.165, 1.54) is 0 Å². The first-order valence-electron chi connectivity index (χ1n) is 5.57. The van der Waals surface area contributed by atoms with Crippen molar-refractivity contribution in [3.8, 4) is 5.75 Å². The Morgan fingerprint density at radius 1 is 1.22 bits per heavy atom. The number of nitrogens with one attached hydrogen (secondary N) is 1. The van der Waals surface area contributed by atoms with Crippen LogP contribution in [0.5, 0.6) is 5.75 Å². The van der Waals surface area contributed by atoms with Gasteiger partial charge in [-0.2, -0.15) is 0 Å². The molecule has 0 fully saturated rings. The molecule has 1 unspecified atom stereocenters. The minimum atomic E-state index is -1.09. The smallest absolute Gasteiger partial charge is 0.413 e. The van der Waals surface area contributed by atoms with Crippen LogP contribution in [0.4, 0.5) is 4.79 Å². The number of hydrogen-bond donors (Lipinski definition) is 2. The summed E-state index contributed by atoms with van der Waals surface area (Å²) in [7, 11) is 0. The average Bonchev–Trinajstić information content (AvgIpc) is 2.25. The van der Waals surface area contributed by atoms with Crippen molar-refractivity contribution in [2.45, 2.75) is 26.8 Å². The quantitative estimate of drug-likeness (QED) is 0.864. The zero-order valence-corrected chi connectivity index (χ0v) is 10.6. The van der Waals surface area contributed by atoms with Gasteiger partial charge in [0.1, 0.15) is 11.8 Å². The van der Waals surface area contributed by atoms with Gasteiger partial charge in [-0.1, -0.05) is 39.0 Å². The molecule has 0 spiro atoms. The Bertz CT molecular complexity index is 422. The van der Waals surface area contributed by atoms with E-state index in [0.717, 1.165) is 0 Å². The molecule has 1 aromatic carbocycles. The van der Waals surface area contributed by atoms with E-state index >= 15 is 0 Å². The second-order valence-corrected chi connectivity index (χ2v) is 4.98. The average molecular weight is 251 g/mol. The van der Waals surface area contributed by atoms with Crippen molar-refractivity contribution in [3.05, 3.63) is 30.3 Å². The van der Waals surface area contributed by atoms with Gasteiger partial charge < -0.3 is 15.2 Å². The molecule has 0 heterocycles. The van der Waals surface area contributed by atoms with E-state index in [2.05, 4.69) is 5.32 Å². The monoisotopic (exact) mass is 251 g/mol. The fourth-order valence-corrected chi connectivity index (χ4v) is 1.39. The number of carbonyl (C=O) groups excluding carboxylic acids is 1. The molecule has 0 aromatic heterocycles. The largest absolute Gasteiger partial charge is 0.480 e. The standard InChI is InChI=1S/C13H17NO4/c1-13(2,3)10(11(15)16)14-12(17)18-9-7-5-4-6-8-9/h4-8,10H,1-3H3,(H,14,17)(H,15,16). The summed E-state index contributed by atoms with van der Waals surface area (Å²) in [5.41, 5.74) is -0.596. The number of carboxylic acid groups (broad SMARTS) is 1. The fraction of sp³-hybridized carbons (Fsp3) is 0.385. The zero-order chi connectivity index (χ0) is 13.8. The Kier molecular flexibility index (Phi) is 4.31. The van der Waals surface area contributed by atoms with Gasteiger partial charge in [0.15, 0.2) is 0 Å². The van der Waals surface area contributed by atoms with Crippen LogP contribution in [-0.4, -0.2) is 23.2 Å². The highest BCUT2D eigenvalue weighted by atomic mass is 16.6. The number of amides is 1. The maximum absolute atomic E-state index is 11.6. The zero-order valence-electron chi connectivity index (χ0n) is 10.6. The van der Waals surface area contributed by atoms with Crippen molar-refractivity contribution in [2.24, 2.45) is 5.41 Å². The molecule has 0 saturated heterocycles. The maximum atomic E-state index is 11.6. The summed E-state index contributed by atoms with van der Waals surface area (Å²) in [6.07, 6.45) is -0.775. The van der Waals surface area contributed by atoms with Crippen LogP contribution in [0.3, 0.4) is 0 Å². The van der Waals surface area contributed by atoms with Crippen LogP contribution in [0.2, 0.25) is 0 Å². The van der Waals surface area contributed by atoms with Crippen LogP contribution < -0.4 is 10.1 Å². The van der Waals surface area contributed by atoms with Gasteiger partial charge in [-0.05, 0) is 17.5 Å². The van der Waals surface area contributed by atoms with Crippen LogP contribution in [-0.2, 0) is 4.79 Å². The van der Waals surface area contributed by atoms with Crippen LogP contribution in [0.25, 0.3) is 0 Å². The Morgan fingerprint density at radius 2 is 1.78 bits per heavy atom. The molecule has 1 rings (SSSR count). The van der Waals surface area contributed by atoms with E-state index < -0.39 is 23.5 Å². The molecule has 18 heavy (non-hydrogen) atoms. The number of carbonyl (C=O) groups is 2. The number of para-hydroxylation sites is 1. The second-order valence-electron chi connectivity index (χ2n) is 4.98. The van der Waals surface area contributed by atoms with Crippen LogP contribution in [0, 0.1) is 5.41 Å². The molecule has 0 bridgehead atoms. The first kappa shape index (κ1) is 14.0. The van der Waals surface area contributed by atoms with E-state index in [0.29, 0.717) is 5.75 Å². The van der Waals surface area contributed by atoms with Gasteiger partial charge in [0.05, 0.1) is 0 Å². The number of benzene rings is 1. The summed E-state index contributed by atoms with van der Waals surface area (Å²) in [5, 5.41) is 11.4. The van der Waals surface area contributed by atoms with Crippen molar-refractivity contribution in [2.75, 3.05) is 0 Å². The molecule has 5 nitrogen and oxygen atoms in total. The minimum Gasteiger partial charge on any atom is -0.480 e. The number of carboxylic acids is 1. The topological polar surface area (TPSA) is 75.6 Å². The first-order chi connectivity index (χ1) is 8.30. The van der Waals surface area contributed by atoms with Crippen molar-refractivity contribution in [1.82, 2.24) is 5.32 Å². The van der Waals surface area contributed by atoms with Crippen LogP contribution in [0.1, 0.15) is 20.8 Å². The van der Waals surface area contributed by atoms with Crippen molar-refractivity contribution >= 4 is 12.1 Å². The molecule has 1 amide bonds. The van der Waals surface area contributed by atoms with E-state index in [9.17, 15) is 9.59 Å². The number of rotatable bonds is 3. The lowest BCUT2D eigenvalue weighted by molar-refractivity contribution is -0.142. The van der Waals surface area contributed by atoms with E-state index in [1.807, 2.05) is 0 Å². The van der Waals surface area contributed by atoms with Gasteiger partial charge >= 0.3 is 12.1 Å². The van der Waals surface area contributed by atoms with Gasteiger partial charge in [0, 0.05) is 0 Å². The summed E-state index contributed by atoms with van der Waals surface area (Å²) < 4.78 is 4.98. The second kappa shape index (κ2) is 5.53. The molecule has 0 aliphatic carbocycles. The molecule has 98 valence electrons. The highest BCUT2D eigenvalue weighted by molar-refractivity contribution is 5.81. The Morgan fingerprint density at radius 3 is 2.22 bits per heavy atom. The highest BCUT2D eigenvalue weighted by Crippen LogP contribution is 2.19. The molecule has 1 aromatic rings. The highest BCUT2D eigenvalue weighted by Gasteiger charge is 2.33. The molecule has 0 radical (unpaired) electrons. The molecule has 5 heteroatoms. The first-order valence-corrected chi connectivity index (χ1v) is 5.57. The number of ether oxygens (including phenoxy) is 1. The van der Waals surface area contributed by atoms with Crippen LogP contribution >= 0.6 is 0 Å². The molecule has 0 saturated carbocycles. The lowest BCUT2D eigenvalue weighted by Crippen LogP contribution is -2.49. The Hall–Kier alpha value is -2.04. The van der Waals surface area contributed by atoms with Gasteiger partial charge in [-0.25, -0.2) is 9.59 Å². The number of aliphatic carboxylic acids is 1. The number of hydrogen-bond acceptors (Lipinski definition) is 3. The van der Waals surface area contributed by atoms with Gasteiger partial charge in [0.25, 0.3) is 0 Å². The fourth-order valence-electron chi connectivity index (χ4n) is 1.39. The van der Waals surface area contributed by atoms with Gasteiger partial charge in [0.2, 0.25) is 0 Å². The van der Waals surface area contributed by atoms with E-state index in [-0.39, 0.29) is 0 Å². The molecule has 0 aliphatic rings. The van der Waals surface area contributed by atoms with Gasteiger partial charge in [-0.15, -0.1) is 0 Å². The van der Waals surface area contributed by atoms with Gasteiger partial charge in [-0.3, -0.25) is 0 Å². The predicted molar refractivity (Wildman–Crippen MR) is 66.5 cm³/mol. The lowest BCUT2D eigenvalue weighted by Gasteiger charge is -2.27. The summed E-state index contributed by atoms with van der Waals surface area (Å²) in [6.45, 7) is 5.19. The van der Waals surface area contributed by atoms with Crippen molar-refractivity contribution in [1.29, 1.82) is 0 Å². The minimum absolute atomic E-state index is 0.369. The third kappa shape index (κ3) is 4.08. The summed E-state index contributed by atoms with van der Waals surface area (Å²) in [6, 6.07) is 7.47. The van der Waals surface area contributed by atoms with E-state index in [4.69, 9.17) is 9.84 Å².